The number of hydrogen-bond donors (Lipinski definition) is 0. The van der Waals surface area contributed by atoms with Gasteiger partial charge in [0, 0.05) is 44.1 Å². The number of aromatic nitrogens is 1. The van der Waals surface area contributed by atoms with Gasteiger partial charge in [-0.15, -0.1) is 0 Å². The van der Waals surface area contributed by atoms with Crippen LogP contribution in [0.1, 0.15) is 5.56 Å². The van der Waals surface area contributed by atoms with E-state index < -0.39 is 0 Å². The smallest absolute Gasteiger partial charge is 0.0649 e. The molecule has 2 aliphatic rings. The molecule has 3 rings (SSSR count). The van der Waals surface area contributed by atoms with Crippen molar-refractivity contribution in [2.24, 2.45) is 17.8 Å². The highest BCUT2D eigenvalue weighted by atomic mass is 35.5. The number of hydrogen-bond acceptors (Lipinski definition) is 3. The molecule has 1 aliphatic heterocycles. The van der Waals surface area contributed by atoms with Gasteiger partial charge in [0.25, 0.3) is 0 Å². The lowest BCUT2D eigenvalue weighted by Gasteiger charge is -2.21. The van der Waals surface area contributed by atoms with Gasteiger partial charge in [-0.1, -0.05) is 23.2 Å². The minimum Gasteiger partial charge on any atom is -0.309 e. The van der Waals surface area contributed by atoms with Crippen LogP contribution in [0.3, 0.4) is 0 Å². The average molecular weight is 300 g/mol. The summed E-state index contributed by atoms with van der Waals surface area (Å²) in [7, 11) is 4.31. The Morgan fingerprint density at radius 2 is 1.79 bits per heavy atom. The van der Waals surface area contributed by atoms with Gasteiger partial charge >= 0.3 is 0 Å². The lowest BCUT2D eigenvalue weighted by atomic mass is 10.2. The molecule has 0 spiro atoms. The number of pyridine rings is 1. The molecule has 3 atom stereocenters. The van der Waals surface area contributed by atoms with Crippen LogP contribution in [0.4, 0.5) is 0 Å². The molecule has 0 radical (unpaired) electrons. The summed E-state index contributed by atoms with van der Waals surface area (Å²) in [5.41, 5.74) is 1.02. The van der Waals surface area contributed by atoms with Gasteiger partial charge in [0.05, 0.1) is 10.0 Å². The van der Waals surface area contributed by atoms with Crippen molar-refractivity contribution in [2.75, 3.05) is 33.7 Å². The maximum Gasteiger partial charge on any atom is 0.0649 e. The highest BCUT2D eigenvalue weighted by Crippen LogP contribution is 2.52. The van der Waals surface area contributed by atoms with Gasteiger partial charge in [0.2, 0.25) is 0 Å². The lowest BCUT2D eigenvalue weighted by Crippen LogP contribution is -2.27. The minimum atomic E-state index is 0.679. The van der Waals surface area contributed by atoms with Crippen LogP contribution in [-0.2, 0) is 6.54 Å². The number of piperidine rings is 1. The van der Waals surface area contributed by atoms with Gasteiger partial charge < -0.3 is 4.90 Å². The van der Waals surface area contributed by atoms with Crippen molar-refractivity contribution in [1.82, 2.24) is 14.8 Å². The molecule has 1 saturated carbocycles. The summed E-state index contributed by atoms with van der Waals surface area (Å²) in [5.74, 6) is 2.65. The first-order chi connectivity index (χ1) is 9.06. The molecule has 5 heteroatoms. The molecule has 19 heavy (non-hydrogen) atoms. The Kier molecular flexibility index (Phi) is 3.73. The van der Waals surface area contributed by atoms with Gasteiger partial charge in [0.15, 0.2) is 0 Å². The van der Waals surface area contributed by atoms with Crippen molar-refractivity contribution >= 4 is 23.2 Å². The minimum absolute atomic E-state index is 0.679. The highest BCUT2D eigenvalue weighted by Gasteiger charge is 2.55. The summed E-state index contributed by atoms with van der Waals surface area (Å²) in [5, 5.41) is 1.36. The van der Waals surface area contributed by atoms with Crippen LogP contribution in [0, 0.1) is 17.8 Å². The Bertz CT molecular complexity index is 446. The number of likely N-dealkylation sites (tertiary alicyclic amines) is 1. The van der Waals surface area contributed by atoms with Crippen molar-refractivity contribution in [2.45, 2.75) is 6.54 Å². The number of rotatable bonds is 4. The summed E-state index contributed by atoms with van der Waals surface area (Å²) in [6, 6.07) is 0. The molecule has 0 bridgehead atoms. The lowest BCUT2D eigenvalue weighted by molar-refractivity contribution is 0.258. The van der Waals surface area contributed by atoms with Gasteiger partial charge in [0.1, 0.15) is 0 Å². The predicted molar refractivity (Wildman–Crippen MR) is 78.6 cm³/mol. The first-order valence-electron chi connectivity index (χ1n) is 6.71. The van der Waals surface area contributed by atoms with E-state index in [1.165, 1.54) is 19.6 Å². The van der Waals surface area contributed by atoms with Crippen LogP contribution >= 0.6 is 23.2 Å². The van der Waals surface area contributed by atoms with Crippen LogP contribution < -0.4 is 0 Å². The second kappa shape index (κ2) is 5.21. The first kappa shape index (κ1) is 13.6. The first-order valence-corrected chi connectivity index (χ1v) is 7.47. The second-order valence-corrected chi connectivity index (χ2v) is 6.84. The summed E-state index contributed by atoms with van der Waals surface area (Å²) in [4.78, 5) is 8.76. The Hall–Kier alpha value is -0.350. The molecule has 104 valence electrons. The van der Waals surface area contributed by atoms with Crippen molar-refractivity contribution in [3.63, 3.8) is 0 Å². The number of nitrogens with zero attached hydrogens (tertiary/aromatic N) is 3. The molecule has 2 heterocycles. The normalized spacial score (nSPS) is 29.8. The maximum atomic E-state index is 6.17. The van der Waals surface area contributed by atoms with Gasteiger partial charge in [-0.3, -0.25) is 9.88 Å². The largest absolute Gasteiger partial charge is 0.309 e. The summed E-state index contributed by atoms with van der Waals surface area (Å²) in [6.45, 7) is 4.43. The van der Waals surface area contributed by atoms with E-state index in [1.807, 2.05) is 0 Å². The zero-order valence-electron chi connectivity index (χ0n) is 11.3. The van der Waals surface area contributed by atoms with E-state index in [0.29, 0.717) is 10.0 Å². The molecule has 0 amide bonds. The van der Waals surface area contributed by atoms with Crippen LogP contribution in [0.5, 0.6) is 0 Å². The third-order valence-corrected chi connectivity index (χ3v) is 5.01. The number of fused-ring (bicyclic) bond motifs is 1. The SMILES string of the molecule is CN(C)CC1[C@H]2CN(Cc3c(Cl)cncc3Cl)C[C@@H]12. The summed E-state index contributed by atoms with van der Waals surface area (Å²) < 4.78 is 0. The highest BCUT2D eigenvalue weighted by molar-refractivity contribution is 6.35. The molecule has 1 unspecified atom stereocenters. The molecule has 3 nitrogen and oxygen atoms in total. The average Bonchev–Trinajstić information content (AvgIpc) is 2.81. The fourth-order valence-corrected chi connectivity index (χ4v) is 3.86. The molecule has 2 fully saturated rings. The standard InChI is InChI=1S/C14H19Cl2N3/c1-18(2)5-9-10-6-19(7-11(9)10)8-12-13(15)3-17-4-14(12)16/h3-4,9-11H,5-8H2,1-2H3/t9?,10-,11+. The van der Waals surface area contributed by atoms with E-state index in [2.05, 4.69) is 28.9 Å². The Morgan fingerprint density at radius 3 is 2.32 bits per heavy atom. The predicted octanol–water partition coefficient (Wildman–Crippen LogP) is 2.63. The van der Waals surface area contributed by atoms with Crippen molar-refractivity contribution in [3.8, 4) is 0 Å². The summed E-state index contributed by atoms with van der Waals surface area (Å²) >= 11 is 12.3. The topological polar surface area (TPSA) is 19.4 Å². The zero-order chi connectivity index (χ0) is 13.6. The van der Waals surface area contributed by atoms with Crippen LogP contribution in [0.2, 0.25) is 10.0 Å². The number of halogens is 2. The van der Waals surface area contributed by atoms with E-state index in [0.717, 1.165) is 29.9 Å². The second-order valence-electron chi connectivity index (χ2n) is 6.03. The fraction of sp³-hybridized carbons (Fsp3) is 0.643. The van der Waals surface area contributed by atoms with Gasteiger partial charge in [-0.05, 0) is 31.8 Å². The Morgan fingerprint density at radius 1 is 1.21 bits per heavy atom. The Balaban J connectivity index is 1.58. The molecule has 1 aromatic heterocycles. The molecule has 0 aromatic carbocycles. The molecule has 1 aliphatic carbocycles. The van der Waals surface area contributed by atoms with Crippen LogP contribution in [0.15, 0.2) is 12.4 Å². The zero-order valence-corrected chi connectivity index (χ0v) is 12.8. The van der Waals surface area contributed by atoms with Crippen molar-refractivity contribution in [3.05, 3.63) is 28.0 Å². The van der Waals surface area contributed by atoms with E-state index >= 15 is 0 Å². The van der Waals surface area contributed by atoms with Crippen molar-refractivity contribution in [1.29, 1.82) is 0 Å². The Labute approximate surface area is 124 Å². The van der Waals surface area contributed by atoms with Crippen LogP contribution in [0.25, 0.3) is 0 Å². The van der Waals surface area contributed by atoms with E-state index in [4.69, 9.17) is 23.2 Å². The summed E-state index contributed by atoms with van der Waals surface area (Å²) in [6.07, 6.45) is 3.35. The fourth-order valence-electron chi connectivity index (χ4n) is 3.37. The van der Waals surface area contributed by atoms with E-state index in [1.54, 1.807) is 12.4 Å². The molecular formula is C14H19Cl2N3. The van der Waals surface area contributed by atoms with Gasteiger partial charge in [-0.2, -0.15) is 0 Å². The molecule has 0 N–H and O–H groups in total. The molecular weight excluding hydrogens is 281 g/mol. The van der Waals surface area contributed by atoms with Crippen LogP contribution in [-0.4, -0.2) is 48.5 Å². The third-order valence-electron chi connectivity index (χ3n) is 4.36. The maximum absolute atomic E-state index is 6.17. The molecule has 1 saturated heterocycles. The monoisotopic (exact) mass is 299 g/mol. The van der Waals surface area contributed by atoms with Gasteiger partial charge in [-0.25, -0.2) is 0 Å². The molecule has 1 aromatic rings. The van der Waals surface area contributed by atoms with E-state index in [-0.39, 0.29) is 0 Å². The quantitative estimate of drug-likeness (QED) is 0.852. The van der Waals surface area contributed by atoms with Crippen molar-refractivity contribution < 1.29 is 0 Å². The third kappa shape index (κ3) is 2.75. The van der Waals surface area contributed by atoms with E-state index in [9.17, 15) is 0 Å².